The quantitative estimate of drug-likeness (QED) is 0.767. The van der Waals surface area contributed by atoms with Gasteiger partial charge in [0, 0.05) is 44.2 Å². The standard InChI is InChI=1S/C19H36N4O.C2H6/c1-16(2)21-10-6-18(7-11-21)22-12-14-23(15-13-22)19(24)17-4-8-20(3)9-5-17;1-2/h16-18H,4-15H2,1-3H3;1-2H3. The average Bonchev–Trinajstić information content (AvgIpc) is 2.70. The zero-order chi connectivity index (χ0) is 19.1. The molecule has 0 radical (unpaired) electrons. The van der Waals surface area contributed by atoms with Crippen LogP contribution in [0.3, 0.4) is 0 Å². The van der Waals surface area contributed by atoms with Crippen LogP contribution in [0.15, 0.2) is 0 Å². The van der Waals surface area contributed by atoms with Crippen LogP contribution in [0.5, 0.6) is 0 Å². The summed E-state index contributed by atoms with van der Waals surface area (Å²) < 4.78 is 0. The Kier molecular flexibility index (Phi) is 8.85. The Hall–Kier alpha value is -0.650. The first kappa shape index (κ1) is 21.6. The van der Waals surface area contributed by atoms with E-state index < -0.39 is 0 Å². The molecule has 0 spiro atoms. The predicted molar refractivity (Wildman–Crippen MR) is 109 cm³/mol. The van der Waals surface area contributed by atoms with Crippen LogP contribution in [0.4, 0.5) is 0 Å². The van der Waals surface area contributed by atoms with Gasteiger partial charge < -0.3 is 14.7 Å². The van der Waals surface area contributed by atoms with Crippen LogP contribution in [0, 0.1) is 5.92 Å². The first-order chi connectivity index (χ1) is 12.5. The maximum absolute atomic E-state index is 12.7. The minimum absolute atomic E-state index is 0.280. The molecular formula is C21H42N4O. The Balaban J connectivity index is 0.00000117. The summed E-state index contributed by atoms with van der Waals surface area (Å²) in [5.41, 5.74) is 0. The number of likely N-dealkylation sites (tertiary alicyclic amines) is 2. The van der Waals surface area contributed by atoms with Crippen LogP contribution < -0.4 is 0 Å². The number of nitrogens with zero attached hydrogens (tertiary/aromatic N) is 4. The predicted octanol–water partition coefficient (Wildman–Crippen LogP) is 2.37. The van der Waals surface area contributed by atoms with E-state index in [4.69, 9.17) is 0 Å². The van der Waals surface area contributed by atoms with Crippen molar-refractivity contribution in [3.8, 4) is 0 Å². The Labute approximate surface area is 161 Å². The van der Waals surface area contributed by atoms with Gasteiger partial charge in [0.1, 0.15) is 0 Å². The smallest absolute Gasteiger partial charge is 0.225 e. The van der Waals surface area contributed by atoms with E-state index in [0.717, 1.165) is 58.2 Å². The molecule has 0 N–H and O–H groups in total. The monoisotopic (exact) mass is 366 g/mol. The van der Waals surface area contributed by atoms with Gasteiger partial charge in [-0.05, 0) is 72.8 Å². The molecule has 3 saturated heterocycles. The molecule has 5 nitrogen and oxygen atoms in total. The van der Waals surface area contributed by atoms with E-state index in [9.17, 15) is 4.79 Å². The molecule has 0 unspecified atom stereocenters. The second kappa shape index (κ2) is 10.6. The van der Waals surface area contributed by atoms with Crippen LogP contribution in [0.2, 0.25) is 0 Å². The lowest BCUT2D eigenvalue weighted by Crippen LogP contribution is -2.56. The lowest BCUT2D eigenvalue weighted by atomic mass is 9.95. The summed E-state index contributed by atoms with van der Waals surface area (Å²) in [6.07, 6.45) is 4.68. The van der Waals surface area contributed by atoms with Gasteiger partial charge in [-0.15, -0.1) is 0 Å². The van der Waals surface area contributed by atoms with Crippen molar-refractivity contribution in [2.45, 2.75) is 65.5 Å². The molecule has 0 aliphatic carbocycles. The summed E-state index contributed by atoms with van der Waals surface area (Å²) in [5, 5.41) is 0. The number of hydrogen-bond acceptors (Lipinski definition) is 4. The molecule has 0 aromatic heterocycles. The van der Waals surface area contributed by atoms with Crippen molar-refractivity contribution in [2.75, 3.05) is 59.4 Å². The largest absolute Gasteiger partial charge is 0.340 e. The van der Waals surface area contributed by atoms with Crippen molar-refractivity contribution in [3.05, 3.63) is 0 Å². The summed E-state index contributed by atoms with van der Waals surface area (Å²) in [4.78, 5) is 22.5. The van der Waals surface area contributed by atoms with Crippen molar-refractivity contribution >= 4 is 5.91 Å². The van der Waals surface area contributed by atoms with Gasteiger partial charge in [0.15, 0.2) is 0 Å². The van der Waals surface area contributed by atoms with Crippen LogP contribution in [0.25, 0.3) is 0 Å². The van der Waals surface area contributed by atoms with E-state index in [1.807, 2.05) is 13.8 Å². The van der Waals surface area contributed by atoms with Crippen molar-refractivity contribution in [1.82, 2.24) is 19.6 Å². The van der Waals surface area contributed by atoms with Gasteiger partial charge in [-0.2, -0.15) is 0 Å². The Morgan fingerprint density at radius 2 is 1.35 bits per heavy atom. The van der Waals surface area contributed by atoms with Gasteiger partial charge >= 0.3 is 0 Å². The molecule has 0 saturated carbocycles. The van der Waals surface area contributed by atoms with Gasteiger partial charge in [-0.3, -0.25) is 9.69 Å². The number of piperazine rings is 1. The third-order valence-electron chi connectivity index (χ3n) is 6.44. The van der Waals surface area contributed by atoms with E-state index in [-0.39, 0.29) is 5.92 Å². The van der Waals surface area contributed by atoms with Gasteiger partial charge in [0.25, 0.3) is 0 Å². The molecule has 3 rings (SSSR count). The third-order valence-corrected chi connectivity index (χ3v) is 6.44. The third kappa shape index (κ3) is 5.67. The van der Waals surface area contributed by atoms with E-state index in [0.29, 0.717) is 11.9 Å². The van der Waals surface area contributed by atoms with Crippen LogP contribution in [0.1, 0.15) is 53.4 Å². The van der Waals surface area contributed by atoms with E-state index in [2.05, 4.69) is 40.5 Å². The van der Waals surface area contributed by atoms with Crippen LogP contribution >= 0.6 is 0 Å². The Bertz CT molecular complexity index is 404. The number of rotatable bonds is 3. The summed E-state index contributed by atoms with van der Waals surface area (Å²) in [6, 6.07) is 1.41. The normalized spacial score (nSPS) is 25.2. The molecule has 3 heterocycles. The van der Waals surface area contributed by atoms with E-state index in [1.54, 1.807) is 0 Å². The SMILES string of the molecule is CC.CC(C)N1CCC(N2CCN(C(=O)C3CCN(C)CC3)CC2)CC1. The first-order valence-electron chi connectivity index (χ1n) is 11.0. The van der Waals surface area contributed by atoms with Crippen molar-refractivity contribution in [1.29, 1.82) is 0 Å². The first-order valence-corrected chi connectivity index (χ1v) is 11.0. The molecular weight excluding hydrogens is 324 g/mol. The number of hydrogen-bond donors (Lipinski definition) is 0. The summed E-state index contributed by atoms with van der Waals surface area (Å²) >= 11 is 0. The molecule has 0 aromatic carbocycles. The maximum atomic E-state index is 12.7. The minimum Gasteiger partial charge on any atom is -0.340 e. The highest BCUT2D eigenvalue weighted by Crippen LogP contribution is 2.22. The molecule has 3 fully saturated rings. The molecule has 3 aliphatic rings. The average molecular weight is 367 g/mol. The number of carbonyl (C=O) groups excluding carboxylic acids is 1. The fourth-order valence-electron chi connectivity index (χ4n) is 4.59. The summed E-state index contributed by atoms with van der Waals surface area (Å²) in [5.74, 6) is 0.708. The van der Waals surface area contributed by atoms with Crippen molar-refractivity contribution in [3.63, 3.8) is 0 Å². The second-order valence-electron chi connectivity index (χ2n) is 8.30. The highest BCUT2D eigenvalue weighted by Gasteiger charge is 2.32. The number of carbonyl (C=O) groups is 1. The molecule has 3 aliphatic heterocycles. The Morgan fingerprint density at radius 1 is 0.808 bits per heavy atom. The van der Waals surface area contributed by atoms with Gasteiger partial charge in [0.2, 0.25) is 5.91 Å². The Morgan fingerprint density at radius 3 is 1.85 bits per heavy atom. The van der Waals surface area contributed by atoms with E-state index in [1.165, 1.54) is 25.9 Å². The number of piperidine rings is 2. The molecule has 0 aromatic rings. The second-order valence-corrected chi connectivity index (χ2v) is 8.30. The minimum atomic E-state index is 0.280. The van der Waals surface area contributed by atoms with Crippen LogP contribution in [-0.2, 0) is 4.79 Å². The van der Waals surface area contributed by atoms with E-state index >= 15 is 0 Å². The maximum Gasteiger partial charge on any atom is 0.225 e. The molecule has 26 heavy (non-hydrogen) atoms. The molecule has 0 bridgehead atoms. The molecule has 152 valence electrons. The van der Waals surface area contributed by atoms with Crippen molar-refractivity contribution in [2.24, 2.45) is 5.92 Å². The number of amides is 1. The van der Waals surface area contributed by atoms with Gasteiger partial charge in [0.05, 0.1) is 0 Å². The fourth-order valence-corrected chi connectivity index (χ4v) is 4.59. The highest BCUT2D eigenvalue weighted by molar-refractivity contribution is 5.79. The molecule has 5 heteroatoms. The zero-order valence-electron chi connectivity index (χ0n) is 17.9. The lowest BCUT2D eigenvalue weighted by molar-refractivity contribution is -0.139. The summed E-state index contributed by atoms with van der Waals surface area (Å²) in [7, 11) is 2.16. The zero-order valence-corrected chi connectivity index (χ0v) is 17.9. The fraction of sp³-hybridized carbons (Fsp3) is 0.952. The van der Waals surface area contributed by atoms with Crippen molar-refractivity contribution < 1.29 is 4.79 Å². The summed E-state index contributed by atoms with van der Waals surface area (Å²) in [6.45, 7) is 17.2. The molecule has 0 atom stereocenters. The van der Waals surface area contributed by atoms with Gasteiger partial charge in [-0.1, -0.05) is 13.8 Å². The topological polar surface area (TPSA) is 30.0 Å². The van der Waals surface area contributed by atoms with Crippen LogP contribution in [-0.4, -0.2) is 97.0 Å². The molecule has 1 amide bonds. The highest BCUT2D eigenvalue weighted by atomic mass is 16.2. The van der Waals surface area contributed by atoms with Gasteiger partial charge in [-0.25, -0.2) is 0 Å². The lowest BCUT2D eigenvalue weighted by Gasteiger charge is -2.44.